The van der Waals surface area contributed by atoms with E-state index in [1.165, 1.54) is 19.0 Å². The molecule has 4 rings (SSSR count). The van der Waals surface area contributed by atoms with E-state index in [0.717, 1.165) is 31.0 Å². The SMILES string of the molecule is C#Cc1cnc(Nc2cc(NCC3CCCNC3)c(-n3ccc(C(=O)OCC)c3)cn2)cn1. The van der Waals surface area contributed by atoms with Gasteiger partial charge in [0.15, 0.2) is 0 Å². The maximum atomic E-state index is 12.1. The number of rotatable bonds is 8. The first-order valence-corrected chi connectivity index (χ1v) is 11.0. The highest BCUT2D eigenvalue weighted by Gasteiger charge is 2.16. The van der Waals surface area contributed by atoms with Crippen LogP contribution in [-0.2, 0) is 4.74 Å². The number of ether oxygens (including phenoxy) is 1. The van der Waals surface area contributed by atoms with Gasteiger partial charge in [0, 0.05) is 25.0 Å². The van der Waals surface area contributed by atoms with Crippen LogP contribution in [-0.4, -0.2) is 51.7 Å². The highest BCUT2D eigenvalue weighted by Crippen LogP contribution is 2.26. The molecule has 0 spiro atoms. The molecule has 0 radical (unpaired) electrons. The molecule has 3 aromatic heterocycles. The number of anilines is 3. The van der Waals surface area contributed by atoms with Crippen LogP contribution in [0.15, 0.2) is 43.1 Å². The normalized spacial score (nSPS) is 15.5. The highest BCUT2D eigenvalue weighted by molar-refractivity contribution is 5.89. The van der Waals surface area contributed by atoms with Gasteiger partial charge in [-0.05, 0) is 50.8 Å². The number of hydrogen-bond donors (Lipinski definition) is 3. The van der Waals surface area contributed by atoms with Crippen LogP contribution in [0.25, 0.3) is 5.69 Å². The van der Waals surface area contributed by atoms with Gasteiger partial charge < -0.3 is 25.3 Å². The third-order valence-electron chi connectivity index (χ3n) is 5.40. The van der Waals surface area contributed by atoms with Gasteiger partial charge in [-0.1, -0.05) is 0 Å². The Morgan fingerprint density at radius 3 is 2.91 bits per heavy atom. The number of esters is 1. The zero-order valence-electron chi connectivity index (χ0n) is 18.5. The molecule has 3 aromatic rings. The Labute approximate surface area is 193 Å². The third kappa shape index (κ3) is 5.67. The van der Waals surface area contributed by atoms with Crippen molar-refractivity contribution in [2.45, 2.75) is 19.8 Å². The third-order valence-corrected chi connectivity index (χ3v) is 5.40. The lowest BCUT2D eigenvalue weighted by Crippen LogP contribution is -2.33. The molecule has 1 aliphatic rings. The molecular formula is C24H27N7O2. The van der Waals surface area contributed by atoms with Crippen molar-refractivity contribution in [3.05, 3.63) is 54.4 Å². The second-order valence-electron chi connectivity index (χ2n) is 7.76. The fourth-order valence-electron chi connectivity index (χ4n) is 3.70. The van der Waals surface area contributed by atoms with E-state index in [1.54, 1.807) is 31.6 Å². The van der Waals surface area contributed by atoms with Crippen LogP contribution >= 0.6 is 0 Å². The van der Waals surface area contributed by atoms with E-state index >= 15 is 0 Å². The maximum Gasteiger partial charge on any atom is 0.339 e. The van der Waals surface area contributed by atoms with Crippen molar-refractivity contribution in [3.63, 3.8) is 0 Å². The second-order valence-corrected chi connectivity index (χ2v) is 7.76. The van der Waals surface area contributed by atoms with E-state index in [4.69, 9.17) is 11.2 Å². The molecule has 170 valence electrons. The number of nitrogens with zero attached hydrogens (tertiary/aromatic N) is 4. The lowest BCUT2D eigenvalue weighted by Gasteiger charge is -2.24. The zero-order valence-corrected chi connectivity index (χ0v) is 18.5. The maximum absolute atomic E-state index is 12.1. The zero-order chi connectivity index (χ0) is 23.0. The summed E-state index contributed by atoms with van der Waals surface area (Å²) in [6, 6.07) is 3.66. The summed E-state index contributed by atoms with van der Waals surface area (Å²) < 4.78 is 6.98. The van der Waals surface area contributed by atoms with Gasteiger partial charge in [0.2, 0.25) is 0 Å². The lowest BCUT2D eigenvalue weighted by molar-refractivity contribution is 0.0526. The van der Waals surface area contributed by atoms with Gasteiger partial charge in [-0.2, -0.15) is 0 Å². The standard InChI is InChI=1S/C24H27N7O2/c1-3-19-13-28-23(15-26-19)30-22-10-20(27-12-17-6-5-8-25-11-17)21(14-29-22)31-9-7-18(16-31)24(32)33-4-2/h1,7,9-10,13-17,25H,4-6,8,11-12H2,2H3,(H2,27,28,29,30). The van der Waals surface area contributed by atoms with Gasteiger partial charge in [-0.25, -0.2) is 19.7 Å². The lowest BCUT2D eigenvalue weighted by atomic mass is 10.00. The largest absolute Gasteiger partial charge is 0.462 e. The molecule has 9 heteroatoms. The van der Waals surface area contributed by atoms with E-state index in [9.17, 15) is 4.79 Å². The minimum Gasteiger partial charge on any atom is -0.462 e. The van der Waals surface area contributed by atoms with Crippen LogP contribution in [0.4, 0.5) is 17.3 Å². The smallest absolute Gasteiger partial charge is 0.339 e. The van der Waals surface area contributed by atoms with Crippen molar-refractivity contribution in [1.29, 1.82) is 0 Å². The molecular weight excluding hydrogens is 418 g/mol. The minimum absolute atomic E-state index is 0.333. The number of aromatic nitrogens is 4. The van der Waals surface area contributed by atoms with Gasteiger partial charge >= 0.3 is 5.97 Å². The van der Waals surface area contributed by atoms with Crippen LogP contribution in [0, 0.1) is 18.3 Å². The van der Waals surface area contributed by atoms with Crippen molar-refractivity contribution in [1.82, 2.24) is 24.8 Å². The van der Waals surface area contributed by atoms with Crippen molar-refractivity contribution < 1.29 is 9.53 Å². The highest BCUT2D eigenvalue weighted by atomic mass is 16.5. The topological polar surface area (TPSA) is 106 Å². The van der Waals surface area contributed by atoms with Crippen molar-refractivity contribution >= 4 is 23.3 Å². The summed E-state index contributed by atoms with van der Waals surface area (Å²) >= 11 is 0. The van der Waals surface area contributed by atoms with Gasteiger partial charge in [0.05, 0.1) is 42.1 Å². The van der Waals surface area contributed by atoms with E-state index in [-0.39, 0.29) is 5.97 Å². The number of carbonyl (C=O) groups excluding carboxylic acids is 1. The van der Waals surface area contributed by atoms with Gasteiger partial charge in [0.25, 0.3) is 0 Å². The molecule has 33 heavy (non-hydrogen) atoms. The summed E-state index contributed by atoms with van der Waals surface area (Å²) in [5.41, 5.74) is 2.67. The van der Waals surface area contributed by atoms with Crippen molar-refractivity contribution in [2.24, 2.45) is 5.92 Å². The predicted octanol–water partition coefficient (Wildman–Crippen LogP) is 2.98. The molecule has 0 saturated carbocycles. The van der Waals surface area contributed by atoms with Crippen LogP contribution in [0.2, 0.25) is 0 Å². The summed E-state index contributed by atoms with van der Waals surface area (Å²) in [5, 5.41) is 10.2. The van der Waals surface area contributed by atoms with Gasteiger partial charge in [-0.15, -0.1) is 6.42 Å². The Morgan fingerprint density at radius 1 is 1.30 bits per heavy atom. The van der Waals surface area contributed by atoms with Crippen molar-refractivity contribution in [3.8, 4) is 18.0 Å². The Balaban J connectivity index is 1.58. The van der Waals surface area contributed by atoms with Crippen LogP contribution in [0.3, 0.4) is 0 Å². The van der Waals surface area contributed by atoms with Crippen LogP contribution in [0.1, 0.15) is 35.8 Å². The van der Waals surface area contributed by atoms with E-state index in [2.05, 4.69) is 36.8 Å². The Hall–Kier alpha value is -3.90. The predicted molar refractivity (Wildman–Crippen MR) is 127 cm³/mol. The second kappa shape index (κ2) is 10.6. The minimum atomic E-state index is -0.348. The molecule has 0 bridgehead atoms. The van der Waals surface area contributed by atoms with Crippen LogP contribution < -0.4 is 16.0 Å². The molecule has 1 aliphatic heterocycles. The summed E-state index contributed by atoms with van der Waals surface area (Å²) in [6.07, 6.45) is 16.1. The fourth-order valence-corrected chi connectivity index (χ4v) is 3.70. The Bertz CT molecular complexity index is 1130. The number of terminal acetylenes is 1. The molecule has 1 unspecified atom stereocenters. The molecule has 0 aromatic carbocycles. The van der Waals surface area contributed by atoms with Crippen LogP contribution in [0.5, 0.6) is 0 Å². The molecule has 4 heterocycles. The molecule has 1 atom stereocenters. The number of hydrogen-bond acceptors (Lipinski definition) is 8. The van der Waals surface area contributed by atoms with E-state index in [1.807, 2.05) is 16.8 Å². The Morgan fingerprint density at radius 2 is 2.18 bits per heavy atom. The molecule has 9 nitrogen and oxygen atoms in total. The summed E-state index contributed by atoms with van der Waals surface area (Å²) in [6.45, 7) is 5.01. The first-order valence-electron chi connectivity index (χ1n) is 11.0. The number of piperidine rings is 1. The average Bonchev–Trinajstić information content (AvgIpc) is 3.34. The molecule has 1 saturated heterocycles. The molecule has 1 fully saturated rings. The van der Waals surface area contributed by atoms with Gasteiger partial charge in [-0.3, -0.25) is 0 Å². The number of carbonyl (C=O) groups is 1. The van der Waals surface area contributed by atoms with Crippen molar-refractivity contribution in [2.75, 3.05) is 36.9 Å². The summed E-state index contributed by atoms with van der Waals surface area (Å²) in [4.78, 5) is 25.1. The Kier molecular flexibility index (Phi) is 7.17. The van der Waals surface area contributed by atoms with Gasteiger partial charge in [0.1, 0.15) is 17.3 Å². The monoisotopic (exact) mass is 445 g/mol. The number of pyridine rings is 1. The van der Waals surface area contributed by atoms with E-state index in [0.29, 0.717) is 35.4 Å². The summed E-state index contributed by atoms with van der Waals surface area (Å²) in [7, 11) is 0. The molecule has 0 amide bonds. The molecule has 0 aliphatic carbocycles. The number of nitrogens with one attached hydrogen (secondary N) is 3. The fraction of sp³-hybridized carbons (Fsp3) is 0.333. The quantitative estimate of drug-likeness (QED) is 0.359. The average molecular weight is 446 g/mol. The van der Waals surface area contributed by atoms with E-state index < -0.39 is 0 Å². The molecule has 3 N–H and O–H groups in total. The first kappa shape index (κ1) is 22.3. The first-order chi connectivity index (χ1) is 16.2. The summed E-state index contributed by atoms with van der Waals surface area (Å²) in [5.74, 6) is 3.80.